The van der Waals surface area contributed by atoms with Gasteiger partial charge >= 0.3 is 6.03 Å². The fourth-order valence-corrected chi connectivity index (χ4v) is 0.954. The maximum atomic E-state index is 10.5. The molecule has 0 saturated carbocycles. The van der Waals surface area contributed by atoms with Gasteiger partial charge in [0.15, 0.2) is 0 Å². The molecule has 0 bridgehead atoms. The lowest BCUT2D eigenvalue weighted by Gasteiger charge is -2.01. The largest absolute Gasteiger partial charge is 0.351 e. The van der Waals surface area contributed by atoms with Crippen LogP contribution in [0, 0.1) is 17.2 Å². The van der Waals surface area contributed by atoms with Crippen molar-refractivity contribution in [1.82, 2.24) is 5.32 Å². The standard InChI is InChI=1S/C9H9N3O/c10-6-7-3-1-2-4-8(5-7)12-9(11)13/h1-5,7H,(H3,11,12,13). The molecule has 66 valence electrons. The molecule has 0 radical (unpaired) electrons. The predicted octanol–water partition coefficient (Wildman–Crippen LogP) is 0.804. The van der Waals surface area contributed by atoms with Crippen molar-refractivity contribution in [2.24, 2.45) is 11.7 Å². The molecule has 1 unspecified atom stereocenters. The van der Waals surface area contributed by atoms with Gasteiger partial charge in [0.05, 0.1) is 12.0 Å². The molecule has 1 atom stereocenters. The van der Waals surface area contributed by atoms with Crippen LogP contribution in [0.1, 0.15) is 0 Å². The summed E-state index contributed by atoms with van der Waals surface area (Å²) in [4.78, 5) is 10.5. The first kappa shape index (κ1) is 9.07. The van der Waals surface area contributed by atoms with Gasteiger partial charge in [-0.25, -0.2) is 4.79 Å². The number of urea groups is 1. The molecule has 2 amide bonds. The summed E-state index contributed by atoms with van der Waals surface area (Å²) in [7, 11) is 0. The van der Waals surface area contributed by atoms with Crippen molar-refractivity contribution in [3.05, 3.63) is 36.1 Å². The second-order valence-corrected chi connectivity index (χ2v) is 2.51. The number of hydrogen-bond acceptors (Lipinski definition) is 2. The molecule has 3 N–H and O–H groups in total. The van der Waals surface area contributed by atoms with E-state index in [0.29, 0.717) is 5.70 Å². The lowest BCUT2D eigenvalue weighted by atomic mass is 10.1. The van der Waals surface area contributed by atoms with Crippen LogP contribution in [-0.2, 0) is 0 Å². The molecule has 1 rings (SSSR count). The van der Waals surface area contributed by atoms with Gasteiger partial charge in [-0.15, -0.1) is 0 Å². The minimum atomic E-state index is -0.630. The number of carbonyl (C=O) groups excluding carboxylic acids is 1. The number of nitrogens with two attached hydrogens (primary N) is 1. The van der Waals surface area contributed by atoms with Crippen LogP contribution in [0.25, 0.3) is 0 Å². The first-order valence-electron chi connectivity index (χ1n) is 3.75. The van der Waals surface area contributed by atoms with E-state index in [4.69, 9.17) is 11.0 Å². The Kier molecular flexibility index (Phi) is 2.87. The quantitative estimate of drug-likeness (QED) is 0.618. The smallest absolute Gasteiger partial charge is 0.316 e. The second-order valence-electron chi connectivity index (χ2n) is 2.51. The van der Waals surface area contributed by atoms with Gasteiger partial charge in [0.25, 0.3) is 0 Å². The van der Waals surface area contributed by atoms with E-state index in [0.717, 1.165) is 0 Å². The zero-order valence-corrected chi connectivity index (χ0v) is 6.90. The highest BCUT2D eigenvalue weighted by Crippen LogP contribution is 2.08. The van der Waals surface area contributed by atoms with Crippen LogP contribution in [-0.4, -0.2) is 6.03 Å². The number of nitrogens with zero attached hydrogens (tertiary/aromatic N) is 1. The van der Waals surface area contributed by atoms with Crippen molar-refractivity contribution in [3.63, 3.8) is 0 Å². The first-order valence-corrected chi connectivity index (χ1v) is 3.75. The Morgan fingerprint density at radius 2 is 2.38 bits per heavy atom. The minimum Gasteiger partial charge on any atom is -0.351 e. The molecule has 0 saturated heterocycles. The molecule has 1 aliphatic carbocycles. The van der Waals surface area contributed by atoms with Gasteiger partial charge in [-0.05, 0) is 12.2 Å². The summed E-state index contributed by atoms with van der Waals surface area (Å²) < 4.78 is 0. The van der Waals surface area contributed by atoms with Crippen LogP contribution in [0.4, 0.5) is 4.79 Å². The molecule has 13 heavy (non-hydrogen) atoms. The number of allylic oxidation sites excluding steroid dienone is 5. The van der Waals surface area contributed by atoms with Crippen LogP contribution in [0.2, 0.25) is 0 Å². The maximum Gasteiger partial charge on any atom is 0.316 e. The molecule has 0 fully saturated rings. The fraction of sp³-hybridized carbons (Fsp3) is 0.111. The summed E-state index contributed by atoms with van der Waals surface area (Å²) in [6, 6.07) is 1.42. The summed E-state index contributed by atoms with van der Waals surface area (Å²) in [6.45, 7) is 0. The molecule has 0 aromatic heterocycles. The molecule has 4 nitrogen and oxygen atoms in total. The number of nitriles is 1. The van der Waals surface area contributed by atoms with Crippen LogP contribution in [0.5, 0.6) is 0 Å². The molecule has 0 heterocycles. The summed E-state index contributed by atoms with van der Waals surface area (Å²) in [5, 5.41) is 11.1. The van der Waals surface area contributed by atoms with E-state index in [1.54, 1.807) is 30.4 Å². The van der Waals surface area contributed by atoms with Gasteiger partial charge in [0.1, 0.15) is 0 Å². The van der Waals surface area contributed by atoms with Gasteiger partial charge in [0.2, 0.25) is 0 Å². The Bertz CT molecular complexity index is 333. The van der Waals surface area contributed by atoms with Crippen molar-refractivity contribution in [2.75, 3.05) is 0 Å². The second kappa shape index (κ2) is 4.12. The van der Waals surface area contributed by atoms with Crippen molar-refractivity contribution in [1.29, 1.82) is 5.26 Å². The Morgan fingerprint density at radius 1 is 1.62 bits per heavy atom. The normalized spacial score (nSPS) is 19.9. The highest BCUT2D eigenvalue weighted by atomic mass is 16.2. The van der Waals surface area contributed by atoms with Crippen LogP contribution in [0.15, 0.2) is 36.1 Å². The Balaban J connectivity index is 2.79. The van der Waals surface area contributed by atoms with Crippen molar-refractivity contribution >= 4 is 6.03 Å². The van der Waals surface area contributed by atoms with Gasteiger partial charge in [0, 0.05) is 5.70 Å². The lowest BCUT2D eigenvalue weighted by Crippen LogP contribution is -2.28. The number of hydrogen-bond donors (Lipinski definition) is 2. The van der Waals surface area contributed by atoms with Crippen LogP contribution < -0.4 is 11.1 Å². The monoisotopic (exact) mass is 175 g/mol. The topological polar surface area (TPSA) is 78.9 Å². The molecule has 0 aliphatic heterocycles. The van der Waals surface area contributed by atoms with Crippen molar-refractivity contribution < 1.29 is 4.79 Å². The first-order chi connectivity index (χ1) is 6.22. The van der Waals surface area contributed by atoms with Gasteiger partial charge in [-0.2, -0.15) is 5.26 Å². The van der Waals surface area contributed by atoms with Gasteiger partial charge in [-0.1, -0.05) is 18.2 Å². The molecule has 4 heteroatoms. The molecule has 1 aliphatic rings. The summed E-state index contributed by atoms with van der Waals surface area (Å²) in [5.41, 5.74) is 5.48. The number of primary amides is 1. The van der Waals surface area contributed by atoms with E-state index < -0.39 is 6.03 Å². The number of carbonyl (C=O) groups is 1. The zero-order valence-electron chi connectivity index (χ0n) is 6.90. The van der Waals surface area contributed by atoms with Crippen LogP contribution in [0.3, 0.4) is 0 Å². The third-order valence-electron chi connectivity index (χ3n) is 1.48. The third kappa shape index (κ3) is 2.83. The highest BCUT2D eigenvalue weighted by molar-refractivity contribution is 5.74. The Morgan fingerprint density at radius 3 is 3.00 bits per heavy atom. The fourth-order valence-electron chi connectivity index (χ4n) is 0.954. The van der Waals surface area contributed by atoms with E-state index in [2.05, 4.69) is 11.4 Å². The van der Waals surface area contributed by atoms with Crippen molar-refractivity contribution in [2.45, 2.75) is 0 Å². The minimum absolute atomic E-state index is 0.322. The van der Waals surface area contributed by atoms with E-state index in [-0.39, 0.29) is 5.92 Å². The number of rotatable bonds is 1. The van der Waals surface area contributed by atoms with Crippen molar-refractivity contribution in [3.8, 4) is 6.07 Å². The van der Waals surface area contributed by atoms with Crippen LogP contribution >= 0.6 is 0 Å². The SMILES string of the molecule is N#CC1C=CC=CC(NC(N)=O)=C1. The number of nitrogens with one attached hydrogen (secondary N) is 1. The average Bonchev–Trinajstić information content (AvgIpc) is 2.28. The Hall–Kier alpha value is -2.02. The lowest BCUT2D eigenvalue weighted by molar-refractivity contribution is 0.251. The molecule has 0 aromatic carbocycles. The Labute approximate surface area is 76.0 Å². The third-order valence-corrected chi connectivity index (χ3v) is 1.48. The van der Waals surface area contributed by atoms with E-state index in [9.17, 15) is 4.79 Å². The summed E-state index contributed by atoms with van der Waals surface area (Å²) >= 11 is 0. The average molecular weight is 175 g/mol. The molecule has 0 aromatic rings. The number of amides is 2. The maximum absolute atomic E-state index is 10.5. The molecular formula is C9H9N3O. The van der Waals surface area contributed by atoms with E-state index >= 15 is 0 Å². The highest BCUT2D eigenvalue weighted by Gasteiger charge is 2.03. The van der Waals surface area contributed by atoms with Gasteiger partial charge < -0.3 is 11.1 Å². The summed E-state index contributed by atoms with van der Waals surface area (Å²) in [6.07, 6.45) is 8.52. The predicted molar refractivity (Wildman–Crippen MR) is 48.2 cm³/mol. The zero-order chi connectivity index (χ0) is 9.68. The summed E-state index contributed by atoms with van der Waals surface area (Å²) in [5.74, 6) is -0.322. The molecular weight excluding hydrogens is 166 g/mol. The van der Waals surface area contributed by atoms with E-state index in [1.807, 2.05) is 0 Å². The van der Waals surface area contributed by atoms with Gasteiger partial charge in [-0.3, -0.25) is 0 Å². The van der Waals surface area contributed by atoms with E-state index in [1.165, 1.54) is 0 Å². The molecule has 0 spiro atoms.